The molecule has 0 aliphatic carbocycles. The Morgan fingerprint density at radius 3 is 2.83 bits per heavy atom. The molecule has 1 aromatic carbocycles. The van der Waals surface area contributed by atoms with Gasteiger partial charge in [0.25, 0.3) is 5.69 Å². The van der Waals surface area contributed by atoms with Crippen molar-refractivity contribution in [3.63, 3.8) is 0 Å². The largest absolute Gasteiger partial charge is 0.494 e. The first kappa shape index (κ1) is 16.5. The van der Waals surface area contributed by atoms with Gasteiger partial charge in [0.15, 0.2) is 0 Å². The molecule has 0 radical (unpaired) electrons. The van der Waals surface area contributed by atoms with Gasteiger partial charge in [-0.25, -0.2) is 4.79 Å². The van der Waals surface area contributed by atoms with Gasteiger partial charge in [-0.05, 0) is 18.9 Å². The number of aliphatic carboxylic acids is 1. The minimum atomic E-state index is -0.921. The molecule has 1 aliphatic heterocycles. The topological polar surface area (TPSA) is 122 Å². The van der Waals surface area contributed by atoms with E-state index in [4.69, 9.17) is 9.84 Å². The highest BCUT2D eigenvalue weighted by Gasteiger charge is 2.28. The van der Waals surface area contributed by atoms with Crippen LogP contribution in [0.5, 0.6) is 5.75 Å². The summed E-state index contributed by atoms with van der Waals surface area (Å²) < 4.78 is 5.05. The number of ether oxygens (including phenoxy) is 1. The van der Waals surface area contributed by atoms with Crippen LogP contribution in [0.2, 0.25) is 0 Å². The number of carbonyl (C=O) groups excluding carboxylic acids is 1. The van der Waals surface area contributed by atoms with E-state index in [0.717, 1.165) is 0 Å². The maximum atomic E-state index is 12.3. The number of amides is 2. The molecule has 0 bridgehead atoms. The molecule has 23 heavy (non-hydrogen) atoms. The molecule has 1 atom stereocenters. The SMILES string of the molecule is COc1cc([N+](=O)[O-])ccc1NC(=O)N1CCCC(C(=O)O)C1. The van der Waals surface area contributed by atoms with Gasteiger partial charge in [-0.2, -0.15) is 0 Å². The van der Waals surface area contributed by atoms with Crippen LogP contribution < -0.4 is 10.1 Å². The number of benzene rings is 1. The van der Waals surface area contributed by atoms with Crippen LogP contribution in [0.4, 0.5) is 16.2 Å². The third-order valence-corrected chi connectivity index (χ3v) is 3.70. The molecule has 1 saturated heterocycles. The Morgan fingerprint density at radius 2 is 2.22 bits per heavy atom. The highest BCUT2D eigenvalue weighted by atomic mass is 16.6. The average Bonchev–Trinajstić information content (AvgIpc) is 2.55. The second-order valence-electron chi connectivity index (χ2n) is 5.20. The van der Waals surface area contributed by atoms with Crippen LogP contribution in [0.3, 0.4) is 0 Å². The van der Waals surface area contributed by atoms with Crippen molar-refractivity contribution in [2.24, 2.45) is 5.92 Å². The van der Waals surface area contributed by atoms with Crippen LogP contribution >= 0.6 is 0 Å². The van der Waals surface area contributed by atoms with Crippen molar-refractivity contribution in [3.8, 4) is 5.75 Å². The minimum Gasteiger partial charge on any atom is -0.494 e. The summed E-state index contributed by atoms with van der Waals surface area (Å²) in [5, 5.41) is 22.4. The number of nitro groups is 1. The molecule has 0 spiro atoms. The number of methoxy groups -OCH3 is 1. The summed E-state index contributed by atoms with van der Waals surface area (Å²) in [6, 6.07) is 3.40. The first-order valence-corrected chi connectivity index (χ1v) is 7.03. The quantitative estimate of drug-likeness (QED) is 0.645. The number of nitrogens with one attached hydrogen (secondary N) is 1. The van der Waals surface area contributed by atoms with Crippen molar-refractivity contribution < 1.29 is 24.4 Å². The Kier molecular flexibility index (Phi) is 4.99. The first-order chi connectivity index (χ1) is 10.9. The molecule has 1 aliphatic rings. The summed E-state index contributed by atoms with van der Waals surface area (Å²) in [5.74, 6) is -1.33. The Bertz CT molecular complexity index is 633. The third-order valence-electron chi connectivity index (χ3n) is 3.70. The first-order valence-electron chi connectivity index (χ1n) is 7.03. The van der Waals surface area contributed by atoms with E-state index >= 15 is 0 Å². The van der Waals surface area contributed by atoms with E-state index in [1.807, 2.05) is 0 Å². The number of hydrogen-bond acceptors (Lipinski definition) is 5. The maximum absolute atomic E-state index is 12.3. The zero-order valence-electron chi connectivity index (χ0n) is 12.5. The second kappa shape index (κ2) is 6.95. The molecule has 0 saturated carbocycles. The number of carboxylic acids is 1. The normalized spacial score (nSPS) is 17.4. The van der Waals surface area contributed by atoms with E-state index in [9.17, 15) is 19.7 Å². The zero-order valence-corrected chi connectivity index (χ0v) is 12.5. The molecule has 9 nitrogen and oxygen atoms in total. The molecule has 1 unspecified atom stereocenters. The summed E-state index contributed by atoms with van der Waals surface area (Å²) in [4.78, 5) is 34.9. The molecule has 2 N–H and O–H groups in total. The molecule has 0 aromatic heterocycles. The lowest BCUT2D eigenvalue weighted by molar-refractivity contribution is -0.384. The molecular formula is C14H17N3O6. The fourth-order valence-corrected chi connectivity index (χ4v) is 2.45. The van der Waals surface area contributed by atoms with E-state index in [1.165, 1.54) is 30.2 Å². The van der Waals surface area contributed by atoms with Crippen molar-refractivity contribution in [1.29, 1.82) is 0 Å². The Hall–Kier alpha value is -2.84. The number of carboxylic acid groups (broad SMARTS) is 1. The van der Waals surface area contributed by atoms with Gasteiger partial charge in [0.1, 0.15) is 5.75 Å². The van der Waals surface area contributed by atoms with Crippen LogP contribution in [0.25, 0.3) is 0 Å². The van der Waals surface area contributed by atoms with Gasteiger partial charge in [-0.15, -0.1) is 0 Å². The summed E-state index contributed by atoms with van der Waals surface area (Å²) in [6.07, 6.45) is 1.15. The smallest absolute Gasteiger partial charge is 0.321 e. The number of nitrogens with zero attached hydrogens (tertiary/aromatic N) is 2. The van der Waals surface area contributed by atoms with Crippen molar-refractivity contribution in [1.82, 2.24) is 4.90 Å². The van der Waals surface area contributed by atoms with Crippen molar-refractivity contribution in [2.75, 3.05) is 25.5 Å². The molecule has 9 heteroatoms. The lowest BCUT2D eigenvalue weighted by Crippen LogP contribution is -2.44. The van der Waals surface area contributed by atoms with E-state index in [2.05, 4.69) is 5.32 Å². The molecule has 124 valence electrons. The number of non-ortho nitro benzene ring substituents is 1. The van der Waals surface area contributed by atoms with Gasteiger partial charge in [0.05, 0.1) is 29.7 Å². The molecule has 2 rings (SSSR count). The zero-order chi connectivity index (χ0) is 17.0. The number of nitro benzene ring substituents is 1. The number of piperidine rings is 1. The van der Waals surface area contributed by atoms with Gasteiger partial charge < -0.3 is 20.1 Å². The van der Waals surface area contributed by atoms with Crippen LogP contribution in [0, 0.1) is 16.0 Å². The van der Waals surface area contributed by atoms with Crippen molar-refractivity contribution in [3.05, 3.63) is 28.3 Å². The van der Waals surface area contributed by atoms with E-state index in [0.29, 0.717) is 25.1 Å². The highest BCUT2D eigenvalue weighted by molar-refractivity contribution is 5.91. The summed E-state index contributed by atoms with van der Waals surface area (Å²) in [6.45, 7) is 0.599. The maximum Gasteiger partial charge on any atom is 0.321 e. The number of urea groups is 1. The van der Waals surface area contributed by atoms with E-state index < -0.39 is 22.8 Å². The lowest BCUT2D eigenvalue weighted by Gasteiger charge is -2.30. The minimum absolute atomic E-state index is 0.135. The fourth-order valence-electron chi connectivity index (χ4n) is 2.45. The summed E-state index contributed by atoms with van der Waals surface area (Å²) in [5.41, 5.74) is 0.143. The third kappa shape index (κ3) is 3.87. The summed E-state index contributed by atoms with van der Waals surface area (Å²) in [7, 11) is 1.34. The average molecular weight is 323 g/mol. The van der Waals surface area contributed by atoms with E-state index in [1.54, 1.807) is 0 Å². The van der Waals surface area contributed by atoms with E-state index in [-0.39, 0.29) is 18.0 Å². The number of anilines is 1. The Labute approximate surface area is 132 Å². The monoisotopic (exact) mass is 323 g/mol. The summed E-state index contributed by atoms with van der Waals surface area (Å²) >= 11 is 0. The molecular weight excluding hydrogens is 306 g/mol. The fraction of sp³-hybridized carbons (Fsp3) is 0.429. The molecule has 1 aromatic rings. The van der Waals surface area contributed by atoms with Crippen molar-refractivity contribution in [2.45, 2.75) is 12.8 Å². The molecule has 2 amide bonds. The standard InChI is InChI=1S/C14H17N3O6/c1-23-12-7-10(17(21)22)4-5-11(12)15-14(20)16-6-2-3-9(8-16)13(18)19/h4-5,7,9H,2-3,6,8H2,1H3,(H,15,20)(H,18,19). The predicted molar refractivity (Wildman–Crippen MR) is 80.6 cm³/mol. The predicted octanol–water partition coefficient (Wildman–Crippen LogP) is 1.93. The Morgan fingerprint density at radius 1 is 1.48 bits per heavy atom. The molecule has 1 heterocycles. The second-order valence-corrected chi connectivity index (χ2v) is 5.20. The van der Waals surface area contributed by atoms with Gasteiger partial charge >= 0.3 is 12.0 Å². The van der Waals surface area contributed by atoms with Crippen LogP contribution in [0.1, 0.15) is 12.8 Å². The number of likely N-dealkylation sites (tertiary alicyclic amines) is 1. The number of hydrogen-bond donors (Lipinski definition) is 2. The molecule has 1 fully saturated rings. The van der Waals surface area contributed by atoms with Gasteiger partial charge in [0, 0.05) is 19.2 Å². The van der Waals surface area contributed by atoms with Crippen LogP contribution in [-0.4, -0.2) is 47.1 Å². The number of carbonyl (C=O) groups is 2. The highest BCUT2D eigenvalue weighted by Crippen LogP contribution is 2.29. The van der Waals surface area contributed by atoms with Gasteiger partial charge in [-0.1, -0.05) is 0 Å². The number of rotatable bonds is 4. The van der Waals surface area contributed by atoms with Crippen LogP contribution in [0.15, 0.2) is 18.2 Å². The Balaban J connectivity index is 2.10. The van der Waals surface area contributed by atoms with Gasteiger partial charge in [0.2, 0.25) is 0 Å². The lowest BCUT2D eigenvalue weighted by atomic mass is 9.99. The van der Waals surface area contributed by atoms with Crippen LogP contribution in [-0.2, 0) is 4.79 Å². The van der Waals surface area contributed by atoms with Crippen molar-refractivity contribution >= 4 is 23.4 Å². The van der Waals surface area contributed by atoms with Gasteiger partial charge in [-0.3, -0.25) is 14.9 Å².